The Balaban J connectivity index is 2.55. The molecule has 0 unspecified atom stereocenters. The predicted octanol–water partition coefficient (Wildman–Crippen LogP) is 4.52. The molecule has 0 spiro atoms. The zero-order valence-electron chi connectivity index (χ0n) is 10.8. The minimum atomic E-state index is -4.46. The van der Waals surface area contributed by atoms with Gasteiger partial charge in [0, 0.05) is 0 Å². The first-order chi connectivity index (χ1) is 9.68. The van der Waals surface area contributed by atoms with Gasteiger partial charge in [0.15, 0.2) is 0 Å². The lowest BCUT2D eigenvalue weighted by atomic mass is 9.97. The van der Waals surface area contributed by atoms with Crippen molar-refractivity contribution in [1.82, 2.24) is 0 Å². The summed E-state index contributed by atoms with van der Waals surface area (Å²) in [6.07, 6.45) is -4.46. The first-order valence-corrected chi connectivity index (χ1v) is 5.90. The van der Waals surface area contributed by atoms with Crippen LogP contribution in [0.25, 0.3) is 11.1 Å². The molecule has 0 saturated heterocycles. The molecule has 2 aromatic rings. The topological polar surface area (TPSA) is 37.3 Å². The summed E-state index contributed by atoms with van der Waals surface area (Å²) in [6, 6.07) is 6.20. The fourth-order valence-corrected chi connectivity index (χ4v) is 2.03. The van der Waals surface area contributed by atoms with Crippen LogP contribution in [-0.2, 0) is 6.18 Å². The fraction of sp³-hybridized carbons (Fsp3) is 0.133. The van der Waals surface area contributed by atoms with E-state index in [1.165, 1.54) is 19.1 Å². The molecule has 1 N–H and O–H groups in total. The van der Waals surface area contributed by atoms with E-state index in [9.17, 15) is 22.4 Å². The number of halogens is 4. The Hall–Kier alpha value is -2.37. The SMILES string of the molecule is Cc1cc(C(F)(F)F)ccc1-c1cc(F)cc(C(=O)O)c1. The van der Waals surface area contributed by atoms with E-state index in [4.69, 9.17) is 5.11 Å². The van der Waals surface area contributed by atoms with Gasteiger partial charge in [-0.05, 0) is 53.9 Å². The van der Waals surface area contributed by atoms with Crippen LogP contribution < -0.4 is 0 Å². The standard InChI is InChI=1S/C15H10F4O2/c1-8-4-11(15(17,18)19)2-3-13(8)9-5-10(14(20)21)7-12(16)6-9/h2-7H,1H3,(H,20,21). The molecule has 0 aliphatic carbocycles. The second-order valence-corrected chi connectivity index (χ2v) is 4.56. The van der Waals surface area contributed by atoms with E-state index in [2.05, 4.69) is 0 Å². The number of hydrogen-bond acceptors (Lipinski definition) is 1. The molecular weight excluding hydrogens is 288 g/mol. The highest BCUT2D eigenvalue weighted by Crippen LogP contribution is 2.33. The van der Waals surface area contributed by atoms with Gasteiger partial charge < -0.3 is 5.11 Å². The summed E-state index contributed by atoms with van der Waals surface area (Å²) < 4.78 is 51.2. The Kier molecular flexibility index (Phi) is 3.72. The molecule has 0 heterocycles. The average molecular weight is 298 g/mol. The number of alkyl halides is 3. The van der Waals surface area contributed by atoms with Gasteiger partial charge >= 0.3 is 12.1 Å². The van der Waals surface area contributed by atoms with Crippen molar-refractivity contribution >= 4 is 5.97 Å². The molecule has 110 valence electrons. The summed E-state index contributed by atoms with van der Waals surface area (Å²) in [5, 5.41) is 8.89. The molecule has 21 heavy (non-hydrogen) atoms. The third-order valence-corrected chi connectivity index (χ3v) is 3.01. The van der Waals surface area contributed by atoms with Crippen LogP contribution in [0.2, 0.25) is 0 Å². The van der Waals surface area contributed by atoms with Crippen molar-refractivity contribution in [3.63, 3.8) is 0 Å². The zero-order valence-corrected chi connectivity index (χ0v) is 10.8. The van der Waals surface area contributed by atoms with Crippen molar-refractivity contribution in [3.8, 4) is 11.1 Å². The Morgan fingerprint density at radius 1 is 1.10 bits per heavy atom. The van der Waals surface area contributed by atoms with E-state index in [1.54, 1.807) is 0 Å². The van der Waals surface area contributed by atoms with Crippen LogP contribution in [-0.4, -0.2) is 11.1 Å². The summed E-state index contributed by atoms with van der Waals surface area (Å²) in [7, 11) is 0. The largest absolute Gasteiger partial charge is 0.478 e. The van der Waals surface area contributed by atoms with Crippen LogP contribution in [0.1, 0.15) is 21.5 Å². The molecule has 2 rings (SSSR count). The summed E-state index contributed by atoms with van der Waals surface area (Å²) in [6.45, 7) is 1.45. The van der Waals surface area contributed by atoms with Crippen molar-refractivity contribution < 1.29 is 27.5 Å². The monoisotopic (exact) mass is 298 g/mol. The molecule has 0 bridgehead atoms. The van der Waals surface area contributed by atoms with E-state index >= 15 is 0 Å². The maximum Gasteiger partial charge on any atom is 0.416 e. The van der Waals surface area contributed by atoms with Crippen molar-refractivity contribution in [2.75, 3.05) is 0 Å². The zero-order chi connectivity index (χ0) is 15.8. The third kappa shape index (κ3) is 3.21. The van der Waals surface area contributed by atoms with E-state index in [1.807, 2.05) is 0 Å². The minimum absolute atomic E-state index is 0.221. The van der Waals surface area contributed by atoms with Crippen molar-refractivity contribution in [2.45, 2.75) is 13.1 Å². The molecule has 6 heteroatoms. The number of hydrogen-bond donors (Lipinski definition) is 1. The fourth-order valence-electron chi connectivity index (χ4n) is 2.03. The van der Waals surface area contributed by atoms with Crippen LogP contribution in [0.5, 0.6) is 0 Å². The Morgan fingerprint density at radius 2 is 1.76 bits per heavy atom. The van der Waals surface area contributed by atoms with Crippen LogP contribution >= 0.6 is 0 Å². The number of carboxylic acids is 1. The van der Waals surface area contributed by atoms with E-state index in [-0.39, 0.29) is 16.7 Å². The second kappa shape index (κ2) is 5.20. The molecule has 0 aliphatic heterocycles. The van der Waals surface area contributed by atoms with Crippen LogP contribution in [0.3, 0.4) is 0 Å². The van der Waals surface area contributed by atoms with Crippen LogP contribution in [0.4, 0.5) is 17.6 Å². The van der Waals surface area contributed by atoms with Gasteiger partial charge in [0.1, 0.15) is 5.82 Å². The van der Waals surface area contributed by atoms with Crippen molar-refractivity contribution in [3.05, 3.63) is 58.9 Å². The molecule has 0 aromatic heterocycles. The average Bonchev–Trinajstić information content (AvgIpc) is 2.36. The lowest BCUT2D eigenvalue weighted by Gasteiger charge is -2.12. The molecule has 0 fully saturated rings. The van der Waals surface area contributed by atoms with Gasteiger partial charge in [-0.15, -0.1) is 0 Å². The highest BCUT2D eigenvalue weighted by atomic mass is 19.4. The first kappa shape index (κ1) is 15.0. The summed E-state index contributed by atoms with van der Waals surface area (Å²) >= 11 is 0. The van der Waals surface area contributed by atoms with E-state index in [0.29, 0.717) is 5.56 Å². The summed E-state index contributed by atoms with van der Waals surface area (Å²) in [4.78, 5) is 10.9. The van der Waals surface area contributed by atoms with E-state index in [0.717, 1.165) is 24.3 Å². The van der Waals surface area contributed by atoms with Crippen LogP contribution in [0.15, 0.2) is 36.4 Å². The van der Waals surface area contributed by atoms with Gasteiger partial charge in [-0.25, -0.2) is 9.18 Å². The summed E-state index contributed by atoms with van der Waals surface area (Å²) in [5.41, 5.74) is -0.210. The number of aryl methyl sites for hydroxylation is 1. The van der Waals surface area contributed by atoms with Crippen molar-refractivity contribution in [1.29, 1.82) is 0 Å². The highest BCUT2D eigenvalue weighted by molar-refractivity contribution is 5.89. The molecule has 2 nitrogen and oxygen atoms in total. The second-order valence-electron chi connectivity index (χ2n) is 4.56. The lowest BCUT2D eigenvalue weighted by Crippen LogP contribution is -2.05. The quantitative estimate of drug-likeness (QED) is 0.828. The normalized spacial score (nSPS) is 11.5. The Morgan fingerprint density at radius 3 is 2.29 bits per heavy atom. The number of aromatic carboxylic acids is 1. The summed E-state index contributed by atoms with van der Waals surface area (Å²) in [5.74, 6) is -2.07. The Bertz CT molecular complexity index is 705. The van der Waals surface area contributed by atoms with Gasteiger partial charge in [0.25, 0.3) is 0 Å². The Labute approximate surface area is 117 Å². The van der Waals surface area contributed by atoms with Gasteiger partial charge in [-0.1, -0.05) is 6.07 Å². The number of carboxylic acid groups (broad SMARTS) is 1. The minimum Gasteiger partial charge on any atom is -0.478 e. The number of carbonyl (C=O) groups is 1. The smallest absolute Gasteiger partial charge is 0.416 e. The first-order valence-electron chi connectivity index (χ1n) is 5.90. The maximum absolute atomic E-state index is 13.4. The molecule has 0 amide bonds. The maximum atomic E-state index is 13.4. The molecule has 0 saturated carbocycles. The van der Waals surface area contributed by atoms with Crippen LogP contribution in [0, 0.1) is 12.7 Å². The lowest BCUT2D eigenvalue weighted by molar-refractivity contribution is -0.137. The molecule has 2 aromatic carbocycles. The highest BCUT2D eigenvalue weighted by Gasteiger charge is 2.30. The molecular formula is C15H10F4O2. The number of rotatable bonds is 2. The third-order valence-electron chi connectivity index (χ3n) is 3.01. The van der Waals surface area contributed by atoms with E-state index < -0.39 is 23.5 Å². The van der Waals surface area contributed by atoms with Gasteiger partial charge in [-0.3, -0.25) is 0 Å². The van der Waals surface area contributed by atoms with Gasteiger partial charge in [-0.2, -0.15) is 13.2 Å². The molecule has 0 atom stereocenters. The van der Waals surface area contributed by atoms with Gasteiger partial charge in [0.2, 0.25) is 0 Å². The predicted molar refractivity (Wildman–Crippen MR) is 68.5 cm³/mol. The van der Waals surface area contributed by atoms with Gasteiger partial charge in [0.05, 0.1) is 11.1 Å². The molecule has 0 radical (unpaired) electrons. The molecule has 0 aliphatic rings. The van der Waals surface area contributed by atoms with Crippen molar-refractivity contribution in [2.24, 2.45) is 0 Å². The number of benzene rings is 2.